The van der Waals surface area contributed by atoms with Crippen LogP contribution in [0.2, 0.25) is 0 Å². The van der Waals surface area contributed by atoms with Gasteiger partial charge in [-0.1, -0.05) is 19.3 Å². The standard InChI is InChI=1S/C23H30N4O4S/c28-23(19-10-14-27(15-11-19)32(29,30)20-8-4-12-24-16-20)26-22-21(9-5-13-25-22)31-17-18-6-2-1-3-7-18/h4-5,8-9,12-13,16,18-19H,1-3,6-7,10-11,14-15,17H2,(H,25,26,28). The molecule has 1 aliphatic carbocycles. The minimum atomic E-state index is -3.59. The maximum absolute atomic E-state index is 12.9. The molecule has 9 heteroatoms. The van der Waals surface area contributed by atoms with Crippen molar-refractivity contribution in [3.8, 4) is 5.75 Å². The minimum Gasteiger partial charge on any atom is -0.489 e. The maximum Gasteiger partial charge on any atom is 0.244 e. The van der Waals surface area contributed by atoms with Gasteiger partial charge in [-0.15, -0.1) is 0 Å². The van der Waals surface area contributed by atoms with Gasteiger partial charge in [0, 0.05) is 37.6 Å². The van der Waals surface area contributed by atoms with Crippen molar-refractivity contribution < 1.29 is 17.9 Å². The molecule has 32 heavy (non-hydrogen) atoms. The zero-order chi connectivity index (χ0) is 22.4. The van der Waals surface area contributed by atoms with Gasteiger partial charge in [0.1, 0.15) is 4.90 Å². The van der Waals surface area contributed by atoms with Gasteiger partial charge in [0.15, 0.2) is 11.6 Å². The summed E-state index contributed by atoms with van der Waals surface area (Å²) in [6, 6.07) is 6.77. The molecule has 0 radical (unpaired) electrons. The van der Waals surface area contributed by atoms with Crippen molar-refractivity contribution in [1.82, 2.24) is 14.3 Å². The third-order valence-electron chi connectivity index (χ3n) is 6.31. The smallest absolute Gasteiger partial charge is 0.244 e. The summed E-state index contributed by atoms with van der Waals surface area (Å²) in [5.74, 6) is 1.15. The van der Waals surface area contributed by atoms with E-state index in [1.807, 2.05) is 6.07 Å². The van der Waals surface area contributed by atoms with Crippen LogP contribution in [-0.2, 0) is 14.8 Å². The Labute approximate surface area is 189 Å². The van der Waals surface area contributed by atoms with Crippen LogP contribution in [0.3, 0.4) is 0 Å². The lowest BCUT2D eigenvalue weighted by molar-refractivity contribution is -0.120. The minimum absolute atomic E-state index is 0.148. The predicted octanol–water partition coefficient (Wildman–Crippen LogP) is 3.48. The number of ether oxygens (including phenoxy) is 1. The summed E-state index contributed by atoms with van der Waals surface area (Å²) in [6.45, 7) is 1.23. The monoisotopic (exact) mass is 458 g/mol. The number of pyridine rings is 2. The van der Waals surface area contributed by atoms with Gasteiger partial charge in [0.2, 0.25) is 15.9 Å². The van der Waals surface area contributed by atoms with E-state index < -0.39 is 10.0 Å². The van der Waals surface area contributed by atoms with Crippen molar-refractivity contribution in [3.63, 3.8) is 0 Å². The van der Waals surface area contributed by atoms with Crippen LogP contribution < -0.4 is 10.1 Å². The Hall–Kier alpha value is -2.52. The molecule has 4 rings (SSSR count). The topological polar surface area (TPSA) is 101 Å². The van der Waals surface area contributed by atoms with E-state index >= 15 is 0 Å². The molecule has 0 unspecified atom stereocenters. The molecule has 0 aromatic carbocycles. The molecule has 2 aliphatic rings. The number of nitrogens with one attached hydrogen (secondary N) is 1. The number of hydrogen-bond donors (Lipinski definition) is 1. The number of carbonyl (C=O) groups is 1. The number of sulfonamides is 1. The summed E-state index contributed by atoms with van der Waals surface area (Å²) < 4.78 is 33.0. The number of nitrogens with zero attached hydrogens (tertiary/aromatic N) is 3. The van der Waals surface area contributed by atoms with Gasteiger partial charge in [-0.05, 0) is 55.9 Å². The van der Waals surface area contributed by atoms with Gasteiger partial charge >= 0.3 is 0 Å². The fraction of sp³-hybridized carbons (Fsp3) is 0.522. The second kappa shape index (κ2) is 10.4. The predicted molar refractivity (Wildman–Crippen MR) is 121 cm³/mol. The summed E-state index contributed by atoms with van der Waals surface area (Å²) in [5.41, 5.74) is 0. The van der Waals surface area contributed by atoms with Crippen LogP contribution >= 0.6 is 0 Å². The Balaban J connectivity index is 1.32. The molecule has 1 N–H and O–H groups in total. The second-order valence-corrected chi connectivity index (χ2v) is 10.5. The third kappa shape index (κ3) is 5.45. The van der Waals surface area contributed by atoms with Crippen molar-refractivity contribution in [2.45, 2.75) is 49.8 Å². The van der Waals surface area contributed by atoms with Crippen LogP contribution in [-0.4, -0.2) is 48.3 Å². The number of aromatic nitrogens is 2. The molecule has 0 atom stereocenters. The summed E-state index contributed by atoms with van der Waals surface area (Å²) in [4.78, 5) is 21.2. The Morgan fingerprint density at radius 1 is 1.06 bits per heavy atom. The van der Waals surface area contributed by atoms with E-state index in [1.165, 1.54) is 48.7 Å². The van der Waals surface area contributed by atoms with Crippen LogP contribution in [0.5, 0.6) is 5.75 Å². The summed E-state index contributed by atoms with van der Waals surface area (Å²) in [7, 11) is -3.59. The van der Waals surface area contributed by atoms with Gasteiger partial charge in [-0.25, -0.2) is 13.4 Å². The van der Waals surface area contributed by atoms with Gasteiger partial charge < -0.3 is 10.1 Å². The molecule has 3 heterocycles. The fourth-order valence-corrected chi connectivity index (χ4v) is 5.82. The largest absolute Gasteiger partial charge is 0.489 e. The summed E-state index contributed by atoms with van der Waals surface area (Å²) in [6.07, 6.45) is 11.6. The van der Waals surface area contributed by atoms with E-state index in [0.29, 0.717) is 50.0 Å². The normalized spacial score (nSPS) is 18.9. The number of rotatable bonds is 7. The third-order valence-corrected chi connectivity index (χ3v) is 8.19. The number of carbonyl (C=O) groups excluding carboxylic acids is 1. The van der Waals surface area contributed by atoms with Crippen molar-refractivity contribution in [1.29, 1.82) is 0 Å². The van der Waals surface area contributed by atoms with Crippen LogP contribution in [0, 0.1) is 11.8 Å². The fourth-order valence-electron chi connectivity index (χ4n) is 4.39. The first kappa shape index (κ1) is 22.7. The lowest BCUT2D eigenvalue weighted by Gasteiger charge is -2.30. The molecule has 2 aromatic rings. The van der Waals surface area contributed by atoms with Gasteiger partial charge in [0.05, 0.1) is 6.61 Å². The zero-order valence-corrected chi connectivity index (χ0v) is 19.0. The highest BCUT2D eigenvalue weighted by atomic mass is 32.2. The summed E-state index contributed by atoms with van der Waals surface area (Å²) in [5, 5.41) is 2.90. The number of amides is 1. The molecule has 1 saturated carbocycles. The quantitative estimate of drug-likeness (QED) is 0.682. The second-order valence-electron chi connectivity index (χ2n) is 8.52. The van der Waals surface area contributed by atoms with Crippen LogP contribution in [0.15, 0.2) is 47.8 Å². The van der Waals surface area contributed by atoms with Crippen LogP contribution in [0.1, 0.15) is 44.9 Å². The number of hydrogen-bond acceptors (Lipinski definition) is 6. The van der Waals surface area contributed by atoms with Gasteiger partial charge in [0.25, 0.3) is 0 Å². The highest BCUT2D eigenvalue weighted by Gasteiger charge is 2.32. The average Bonchev–Trinajstić information content (AvgIpc) is 2.85. The molecule has 1 amide bonds. The lowest BCUT2D eigenvalue weighted by atomic mass is 9.90. The number of piperidine rings is 1. The van der Waals surface area contributed by atoms with Gasteiger partial charge in [-0.3, -0.25) is 9.78 Å². The van der Waals surface area contributed by atoms with Crippen LogP contribution in [0.4, 0.5) is 5.82 Å². The Morgan fingerprint density at radius 2 is 1.81 bits per heavy atom. The molecule has 8 nitrogen and oxygen atoms in total. The molecule has 1 saturated heterocycles. The average molecular weight is 459 g/mol. The van der Waals surface area contributed by atoms with E-state index in [-0.39, 0.29) is 16.7 Å². The van der Waals surface area contributed by atoms with Gasteiger partial charge in [-0.2, -0.15) is 4.31 Å². The van der Waals surface area contributed by atoms with Crippen molar-refractivity contribution in [2.75, 3.05) is 25.0 Å². The number of anilines is 1. The van der Waals surface area contributed by atoms with E-state index in [1.54, 1.807) is 24.5 Å². The Bertz CT molecular complexity index is 1000. The van der Waals surface area contributed by atoms with Crippen molar-refractivity contribution in [2.24, 2.45) is 11.8 Å². The first-order chi connectivity index (χ1) is 15.5. The lowest BCUT2D eigenvalue weighted by Crippen LogP contribution is -2.41. The maximum atomic E-state index is 12.9. The Kier molecular flexibility index (Phi) is 7.36. The van der Waals surface area contributed by atoms with E-state index in [2.05, 4.69) is 15.3 Å². The van der Waals surface area contributed by atoms with E-state index in [4.69, 9.17) is 4.74 Å². The van der Waals surface area contributed by atoms with E-state index in [9.17, 15) is 13.2 Å². The first-order valence-electron chi connectivity index (χ1n) is 11.3. The summed E-state index contributed by atoms with van der Waals surface area (Å²) >= 11 is 0. The highest BCUT2D eigenvalue weighted by Crippen LogP contribution is 2.29. The SMILES string of the molecule is O=C(Nc1ncccc1OCC1CCCCC1)C1CCN(S(=O)(=O)c2cccnc2)CC1. The zero-order valence-electron chi connectivity index (χ0n) is 18.2. The molecule has 2 fully saturated rings. The first-order valence-corrected chi connectivity index (χ1v) is 12.8. The van der Waals surface area contributed by atoms with Crippen molar-refractivity contribution >= 4 is 21.7 Å². The van der Waals surface area contributed by atoms with Crippen LogP contribution in [0.25, 0.3) is 0 Å². The van der Waals surface area contributed by atoms with Crippen molar-refractivity contribution in [3.05, 3.63) is 42.9 Å². The molecular formula is C23H30N4O4S. The molecule has 2 aromatic heterocycles. The molecule has 0 bridgehead atoms. The molecule has 0 spiro atoms. The molecule has 172 valence electrons. The molecular weight excluding hydrogens is 428 g/mol. The highest BCUT2D eigenvalue weighted by molar-refractivity contribution is 7.89. The Morgan fingerprint density at radius 3 is 2.53 bits per heavy atom. The molecule has 1 aliphatic heterocycles. The van der Waals surface area contributed by atoms with E-state index in [0.717, 1.165) is 0 Å².